The number of pyridine rings is 1. The molecule has 0 saturated carbocycles. The smallest absolute Gasteiger partial charge is 0.278 e. The summed E-state index contributed by atoms with van der Waals surface area (Å²) in [5.41, 5.74) is 2.67. The van der Waals surface area contributed by atoms with Crippen LogP contribution in [0.5, 0.6) is 11.5 Å². The van der Waals surface area contributed by atoms with E-state index in [4.69, 9.17) is 4.74 Å². The number of carbonyl (C=O) groups is 1. The Bertz CT molecular complexity index is 1400. The lowest BCUT2D eigenvalue weighted by Crippen LogP contribution is -2.57. The molecule has 1 aromatic heterocycles. The fourth-order valence-corrected chi connectivity index (χ4v) is 6.06. The Hall–Kier alpha value is -3.65. The van der Waals surface area contributed by atoms with E-state index in [1.165, 1.54) is 6.07 Å². The Balaban J connectivity index is 1.69. The first-order chi connectivity index (χ1) is 16.5. The van der Waals surface area contributed by atoms with Crippen molar-refractivity contribution < 1.29 is 14.6 Å². The van der Waals surface area contributed by atoms with E-state index >= 15 is 0 Å². The number of thioether (sulfide) groups is 1. The number of aromatic hydroxyl groups is 1. The van der Waals surface area contributed by atoms with Crippen LogP contribution in [-0.2, 0) is 5.75 Å². The maximum atomic E-state index is 13.5. The Kier molecular flexibility index (Phi) is 4.91. The predicted octanol–water partition coefficient (Wildman–Crippen LogP) is 3.64. The first-order valence-electron chi connectivity index (χ1n) is 11.2. The first kappa shape index (κ1) is 20.9. The molecule has 0 unspecified atom stereocenters. The molecule has 2 bridgehead atoms. The van der Waals surface area contributed by atoms with Gasteiger partial charge in [0.25, 0.3) is 5.91 Å². The number of hydrogen-bond donors (Lipinski definition) is 1. The summed E-state index contributed by atoms with van der Waals surface area (Å²) in [6.07, 6.45) is 5.41. The second kappa shape index (κ2) is 7.99. The molecule has 3 aliphatic heterocycles. The molecular weight excluding hydrogens is 450 g/mol. The maximum Gasteiger partial charge on any atom is 0.278 e. The van der Waals surface area contributed by atoms with E-state index in [2.05, 4.69) is 18.2 Å². The van der Waals surface area contributed by atoms with Crippen LogP contribution >= 0.6 is 11.8 Å². The van der Waals surface area contributed by atoms with E-state index in [0.717, 1.165) is 33.1 Å². The summed E-state index contributed by atoms with van der Waals surface area (Å²) in [6, 6.07) is 15.1. The van der Waals surface area contributed by atoms with Gasteiger partial charge in [-0.25, -0.2) is 0 Å². The third-order valence-electron chi connectivity index (χ3n) is 6.66. The number of hydrogen-bond acceptors (Lipinski definition) is 6. The molecule has 3 aliphatic rings. The number of rotatable bonds is 0. The second-order valence-electron chi connectivity index (χ2n) is 8.62. The molecule has 3 aromatic rings. The molecule has 34 heavy (non-hydrogen) atoms. The van der Waals surface area contributed by atoms with Gasteiger partial charge in [0.2, 0.25) is 5.43 Å². The zero-order chi connectivity index (χ0) is 23.4. The molecular formula is C26H23N3O4S. The number of benzene rings is 2. The van der Waals surface area contributed by atoms with Crippen LogP contribution in [-0.4, -0.2) is 39.9 Å². The monoisotopic (exact) mass is 473 g/mol. The lowest BCUT2D eigenvalue weighted by Gasteiger charge is -2.45. The molecule has 2 aromatic carbocycles. The number of carbonyl (C=O) groups excluding carboxylic acids is 1. The van der Waals surface area contributed by atoms with Crippen LogP contribution in [0.25, 0.3) is 0 Å². The topological polar surface area (TPSA) is 75.0 Å². The normalized spacial score (nSPS) is 21.9. The van der Waals surface area contributed by atoms with Gasteiger partial charge >= 0.3 is 0 Å². The molecule has 6 rings (SSSR count). The minimum Gasteiger partial charge on any atom is -0.502 e. The molecule has 0 aliphatic carbocycles. The van der Waals surface area contributed by atoms with Crippen LogP contribution in [0.1, 0.15) is 40.1 Å². The third-order valence-corrected chi connectivity index (χ3v) is 7.80. The minimum absolute atomic E-state index is 0.0208. The van der Waals surface area contributed by atoms with E-state index in [0.29, 0.717) is 6.61 Å². The molecule has 172 valence electrons. The maximum absolute atomic E-state index is 13.5. The van der Waals surface area contributed by atoms with Gasteiger partial charge in [-0.2, -0.15) is 0 Å². The highest BCUT2D eigenvalue weighted by Crippen LogP contribution is 2.46. The highest BCUT2D eigenvalue weighted by atomic mass is 32.2. The largest absolute Gasteiger partial charge is 0.502 e. The van der Waals surface area contributed by atoms with Crippen LogP contribution in [0.2, 0.25) is 0 Å². The zero-order valence-corrected chi connectivity index (χ0v) is 19.4. The molecule has 0 spiro atoms. The van der Waals surface area contributed by atoms with Crippen LogP contribution in [0, 0.1) is 0 Å². The lowest BCUT2D eigenvalue weighted by atomic mass is 9.93. The van der Waals surface area contributed by atoms with Crippen molar-refractivity contribution in [3.63, 3.8) is 0 Å². The van der Waals surface area contributed by atoms with E-state index in [1.54, 1.807) is 27.5 Å². The van der Waals surface area contributed by atoms with Gasteiger partial charge in [-0.05, 0) is 36.3 Å². The molecule has 8 heteroatoms. The fraction of sp³-hybridized carbons (Fsp3) is 0.231. The summed E-state index contributed by atoms with van der Waals surface area (Å²) >= 11 is 1.77. The summed E-state index contributed by atoms with van der Waals surface area (Å²) in [6.45, 7) is 2.57. The van der Waals surface area contributed by atoms with Crippen molar-refractivity contribution in [3.05, 3.63) is 99.5 Å². The predicted molar refractivity (Wildman–Crippen MR) is 130 cm³/mol. The van der Waals surface area contributed by atoms with Crippen LogP contribution in [0.4, 0.5) is 0 Å². The third kappa shape index (κ3) is 3.13. The molecule has 4 heterocycles. The highest BCUT2D eigenvalue weighted by Gasteiger charge is 2.40. The van der Waals surface area contributed by atoms with Crippen molar-refractivity contribution in [2.24, 2.45) is 0 Å². The molecule has 7 nitrogen and oxygen atoms in total. The van der Waals surface area contributed by atoms with Gasteiger partial charge in [-0.1, -0.05) is 36.4 Å². The average Bonchev–Trinajstić information content (AvgIpc) is 3.02. The van der Waals surface area contributed by atoms with E-state index in [1.807, 2.05) is 48.4 Å². The summed E-state index contributed by atoms with van der Waals surface area (Å²) in [5.74, 6) is 0.655. The number of nitrogens with zero attached hydrogens (tertiary/aromatic N) is 3. The Labute approximate surface area is 200 Å². The minimum atomic E-state index is -0.574. The second-order valence-corrected chi connectivity index (χ2v) is 9.63. The average molecular weight is 474 g/mol. The summed E-state index contributed by atoms with van der Waals surface area (Å²) in [5, 5.41) is 12.8. The SMILES string of the molecule is C[C@H]1/C=C\COc2cccc3c2[C@@H](c2ccccc2SC3)N2CN1C(=O)c1c(O)c(=O)ccn12. The first-order valence-corrected chi connectivity index (χ1v) is 12.2. The number of amides is 1. The van der Waals surface area contributed by atoms with Crippen molar-refractivity contribution in [2.75, 3.05) is 18.3 Å². The van der Waals surface area contributed by atoms with Crippen molar-refractivity contribution >= 4 is 17.7 Å². The van der Waals surface area contributed by atoms with Crippen molar-refractivity contribution in [1.29, 1.82) is 0 Å². The quantitative estimate of drug-likeness (QED) is 0.503. The van der Waals surface area contributed by atoms with Gasteiger partial charge in [0.15, 0.2) is 11.4 Å². The Morgan fingerprint density at radius 2 is 1.94 bits per heavy atom. The lowest BCUT2D eigenvalue weighted by molar-refractivity contribution is 0.0642. The molecule has 0 saturated heterocycles. The zero-order valence-electron chi connectivity index (χ0n) is 18.5. The van der Waals surface area contributed by atoms with Gasteiger partial charge < -0.3 is 14.7 Å². The van der Waals surface area contributed by atoms with Gasteiger partial charge in [-0.15, -0.1) is 11.8 Å². The summed E-state index contributed by atoms with van der Waals surface area (Å²) in [7, 11) is 0. The molecule has 0 radical (unpaired) electrons. The van der Waals surface area contributed by atoms with E-state index in [-0.39, 0.29) is 30.4 Å². The van der Waals surface area contributed by atoms with Gasteiger partial charge in [0.1, 0.15) is 25.1 Å². The van der Waals surface area contributed by atoms with Crippen LogP contribution < -0.4 is 15.2 Å². The van der Waals surface area contributed by atoms with Gasteiger partial charge in [-0.3, -0.25) is 19.3 Å². The Morgan fingerprint density at radius 1 is 1.09 bits per heavy atom. The summed E-state index contributed by atoms with van der Waals surface area (Å²) in [4.78, 5) is 28.7. The standard InChI is InChI=1S/C26H23N3O4S/c1-16-6-5-13-33-20-9-4-7-17-14-34-21-10-3-2-8-18(21)23(22(17)20)29-15-27(16)26(32)24-25(31)19(30)11-12-28(24)29/h2-12,16,23,31H,13-15H2,1H3/b6-5-/t16-,23+/m0/s1. The van der Waals surface area contributed by atoms with Gasteiger partial charge in [0, 0.05) is 34.5 Å². The van der Waals surface area contributed by atoms with Crippen LogP contribution in [0.3, 0.4) is 0 Å². The molecule has 0 fully saturated rings. The van der Waals surface area contributed by atoms with Crippen molar-refractivity contribution in [3.8, 4) is 11.5 Å². The van der Waals surface area contributed by atoms with Crippen LogP contribution in [0.15, 0.2) is 76.6 Å². The van der Waals surface area contributed by atoms with E-state index in [9.17, 15) is 14.7 Å². The fourth-order valence-electron chi connectivity index (χ4n) is 4.98. The van der Waals surface area contributed by atoms with Crippen molar-refractivity contribution in [1.82, 2.24) is 9.58 Å². The number of aromatic nitrogens is 1. The van der Waals surface area contributed by atoms with E-state index < -0.39 is 11.2 Å². The number of ether oxygens (including phenoxy) is 1. The highest BCUT2D eigenvalue weighted by molar-refractivity contribution is 7.98. The molecule has 1 N–H and O–H groups in total. The number of fused-ring (bicyclic) bond motifs is 7. The van der Waals surface area contributed by atoms with Gasteiger partial charge in [0.05, 0.1) is 0 Å². The summed E-state index contributed by atoms with van der Waals surface area (Å²) < 4.78 is 7.90. The molecule has 1 amide bonds. The van der Waals surface area contributed by atoms with Crippen molar-refractivity contribution in [2.45, 2.75) is 29.7 Å². The molecule has 2 atom stereocenters. The Morgan fingerprint density at radius 3 is 2.82 bits per heavy atom.